The van der Waals surface area contributed by atoms with Crippen LogP contribution in [0.15, 0.2) is 23.1 Å². The number of rotatable bonds is 6. The van der Waals surface area contributed by atoms with E-state index in [2.05, 4.69) is 17.0 Å². The van der Waals surface area contributed by atoms with Crippen molar-refractivity contribution in [3.63, 3.8) is 0 Å². The van der Waals surface area contributed by atoms with Crippen LogP contribution in [0.5, 0.6) is 0 Å². The molecule has 2 N–H and O–H groups in total. The Morgan fingerprint density at radius 2 is 2.17 bits per heavy atom. The molecule has 1 heterocycles. The zero-order valence-corrected chi connectivity index (χ0v) is 16.0. The van der Waals surface area contributed by atoms with Gasteiger partial charge in [-0.15, -0.1) is 12.4 Å². The Bertz CT molecular complexity index is 602. The number of hydrogen-bond acceptors (Lipinski definition) is 3. The van der Waals surface area contributed by atoms with E-state index in [0.717, 1.165) is 44.3 Å². The van der Waals surface area contributed by atoms with Gasteiger partial charge in [-0.1, -0.05) is 31.0 Å². The van der Waals surface area contributed by atoms with Crippen molar-refractivity contribution in [3.05, 3.63) is 28.8 Å². The van der Waals surface area contributed by atoms with Crippen LogP contribution in [-0.2, 0) is 16.4 Å². The Balaban J connectivity index is 0.00000264. The molecule has 1 aromatic carbocycles. The van der Waals surface area contributed by atoms with Gasteiger partial charge in [-0.25, -0.2) is 13.1 Å². The van der Waals surface area contributed by atoms with Gasteiger partial charge in [0.25, 0.3) is 0 Å². The van der Waals surface area contributed by atoms with Crippen molar-refractivity contribution in [1.82, 2.24) is 10.0 Å². The molecule has 2 unspecified atom stereocenters. The van der Waals surface area contributed by atoms with Crippen LogP contribution in [-0.4, -0.2) is 27.5 Å². The van der Waals surface area contributed by atoms with E-state index in [4.69, 9.17) is 11.6 Å². The molecule has 2 atom stereocenters. The summed E-state index contributed by atoms with van der Waals surface area (Å²) in [5, 5.41) is 3.60. The molecule has 23 heavy (non-hydrogen) atoms. The molecule has 0 saturated carbocycles. The fourth-order valence-corrected chi connectivity index (χ4v) is 4.77. The van der Waals surface area contributed by atoms with Crippen molar-refractivity contribution in [3.8, 4) is 0 Å². The SMILES string of the molecule is CCCc1ccc(Cl)c(S(=O)(=O)NC(C)C2CCCNC2)c1.Cl. The van der Waals surface area contributed by atoms with Gasteiger partial charge in [0.1, 0.15) is 4.90 Å². The van der Waals surface area contributed by atoms with Gasteiger partial charge in [0.15, 0.2) is 0 Å². The molecule has 4 nitrogen and oxygen atoms in total. The van der Waals surface area contributed by atoms with E-state index in [0.29, 0.717) is 5.92 Å². The molecule has 1 saturated heterocycles. The highest BCUT2D eigenvalue weighted by molar-refractivity contribution is 7.89. The molecule has 0 aliphatic carbocycles. The lowest BCUT2D eigenvalue weighted by Crippen LogP contribution is -2.44. The van der Waals surface area contributed by atoms with Crippen LogP contribution in [0.2, 0.25) is 5.02 Å². The fourth-order valence-electron chi connectivity index (χ4n) is 2.91. The maximum absolute atomic E-state index is 12.6. The normalized spacial score (nSPS) is 19.9. The van der Waals surface area contributed by atoms with E-state index >= 15 is 0 Å². The molecule has 1 fully saturated rings. The van der Waals surface area contributed by atoms with Crippen LogP contribution in [0.4, 0.5) is 0 Å². The van der Waals surface area contributed by atoms with Gasteiger partial charge in [-0.05, 0) is 62.9 Å². The van der Waals surface area contributed by atoms with E-state index in [-0.39, 0.29) is 28.4 Å². The third kappa shape index (κ3) is 5.61. The lowest BCUT2D eigenvalue weighted by atomic mass is 9.94. The summed E-state index contributed by atoms with van der Waals surface area (Å²) in [4.78, 5) is 0.190. The van der Waals surface area contributed by atoms with Crippen molar-refractivity contribution < 1.29 is 8.42 Å². The van der Waals surface area contributed by atoms with Crippen LogP contribution < -0.4 is 10.0 Å². The van der Waals surface area contributed by atoms with Crippen LogP contribution in [0, 0.1) is 5.92 Å². The van der Waals surface area contributed by atoms with Crippen molar-refractivity contribution in [2.45, 2.75) is 50.5 Å². The zero-order chi connectivity index (χ0) is 16.2. The van der Waals surface area contributed by atoms with Crippen molar-refractivity contribution >= 4 is 34.0 Å². The lowest BCUT2D eigenvalue weighted by Gasteiger charge is -2.28. The minimum atomic E-state index is -3.59. The molecule has 0 spiro atoms. The van der Waals surface area contributed by atoms with Gasteiger partial charge in [-0.3, -0.25) is 0 Å². The second-order valence-corrected chi connectivity index (χ2v) is 8.12. The lowest BCUT2D eigenvalue weighted by molar-refractivity contribution is 0.320. The average molecular weight is 381 g/mol. The standard InChI is InChI=1S/C16H25ClN2O2S.ClH/c1-3-5-13-7-8-15(17)16(10-13)22(20,21)19-12(2)14-6-4-9-18-11-14;/h7-8,10,12,14,18-19H,3-6,9,11H2,1-2H3;1H. The van der Waals surface area contributed by atoms with Crippen LogP contribution in [0.1, 0.15) is 38.7 Å². The molecule has 2 rings (SSSR count). The molecule has 0 bridgehead atoms. The number of aryl methyl sites for hydroxylation is 1. The number of halogens is 2. The number of sulfonamides is 1. The summed E-state index contributed by atoms with van der Waals surface area (Å²) in [6.07, 6.45) is 3.95. The van der Waals surface area contributed by atoms with Crippen molar-refractivity contribution in [1.29, 1.82) is 0 Å². The second kappa shape index (κ2) is 9.23. The Kier molecular flexibility index (Phi) is 8.31. The van der Waals surface area contributed by atoms with Crippen molar-refractivity contribution in [2.24, 2.45) is 5.92 Å². The van der Waals surface area contributed by atoms with Gasteiger partial charge in [0.05, 0.1) is 5.02 Å². The molecule has 1 aliphatic heterocycles. The Hall–Kier alpha value is -0.330. The number of benzene rings is 1. The highest BCUT2D eigenvalue weighted by Crippen LogP contribution is 2.24. The number of piperidine rings is 1. The molecule has 1 aliphatic rings. The smallest absolute Gasteiger partial charge is 0.242 e. The van der Waals surface area contributed by atoms with Crippen LogP contribution >= 0.6 is 24.0 Å². The van der Waals surface area contributed by atoms with Crippen molar-refractivity contribution in [2.75, 3.05) is 13.1 Å². The summed E-state index contributed by atoms with van der Waals surface area (Å²) in [6, 6.07) is 5.15. The molecule has 132 valence electrons. The predicted molar refractivity (Wildman–Crippen MR) is 98.1 cm³/mol. The topological polar surface area (TPSA) is 58.2 Å². The summed E-state index contributed by atoms with van der Waals surface area (Å²) >= 11 is 6.12. The van der Waals surface area contributed by atoms with Gasteiger partial charge in [0, 0.05) is 6.04 Å². The summed E-state index contributed by atoms with van der Waals surface area (Å²) in [7, 11) is -3.59. The monoisotopic (exact) mass is 380 g/mol. The van der Waals surface area contributed by atoms with Gasteiger partial charge in [0.2, 0.25) is 10.0 Å². The maximum Gasteiger partial charge on any atom is 0.242 e. The summed E-state index contributed by atoms with van der Waals surface area (Å²) in [5.41, 5.74) is 0.999. The van der Waals surface area contributed by atoms with Crippen LogP contribution in [0.25, 0.3) is 0 Å². The summed E-state index contributed by atoms with van der Waals surface area (Å²) in [5.74, 6) is 0.320. The highest BCUT2D eigenvalue weighted by Gasteiger charge is 2.26. The third-order valence-corrected chi connectivity index (χ3v) is 6.25. The molecule has 7 heteroatoms. The average Bonchev–Trinajstić information content (AvgIpc) is 2.50. The Morgan fingerprint density at radius 1 is 1.43 bits per heavy atom. The maximum atomic E-state index is 12.6. The molecule has 0 aromatic heterocycles. The van der Waals surface area contributed by atoms with E-state index < -0.39 is 10.0 Å². The van der Waals surface area contributed by atoms with E-state index in [1.807, 2.05) is 13.0 Å². The molecular formula is C16H26Cl2N2O2S. The number of hydrogen-bond donors (Lipinski definition) is 2. The molecular weight excluding hydrogens is 355 g/mol. The van der Waals surface area contributed by atoms with E-state index in [1.54, 1.807) is 12.1 Å². The van der Waals surface area contributed by atoms with E-state index in [9.17, 15) is 8.42 Å². The molecule has 1 aromatic rings. The van der Waals surface area contributed by atoms with E-state index in [1.165, 1.54) is 0 Å². The fraction of sp³-hybridized carbons (Fsp3) is 0.625. The molecule has 0 radical (unpaired) electrons. The van der Waals surface area contributed by atoms with Gasteiger partial charge in [-0.2, -0.15) is 0 Å². The first-order chi connectivity index (χ1) is 10.4. The minimum Gasteiger partial charge on any atom is -0.316 e. The predicted octanol–water partition coefficient (Wildman–Crippen LogP) is 3.38. The minimum absolute atomic E-state index is 0. The first-order valence-corrected chi connectivity index (χ1v) is 9.81. The first kappa shape index (κ1) is 20.7. The van der Waals surface area contributed by atoms with Crippen LogP contribution in [0.3, 0.4) is 0 Å². The Morgan fingerprint density at radius 3 is 2.78 bits per heavy atom. The quantitative estimate of drug-likeness (QED) is 0.794. The van der Waals surface area contributed by atoms with Gasteiger partial charge < -0.3 is 5.32 Å². The van der Waals surface area contributed by atoms with Gasteiger partial charge >= 0.3 is 0 Å². The summed E-state index contributed by atoms with van der Waals surface area (Å²) < 4.78 is 28.1. The molecule has 0 amide bonds. The highest BCUT2D eigenvalue weighted by atomic mass is 35.5. The zero-order valence-electron chi connectivity index (χ0n) is 13.6. The second-order valence-electron chi connectivity index (χ2n) is 6.03. The first-order valence-electron chi connectivity index (χ1n) is 7.95. The third-order valence-electron chi connectivity index (χ3n) is 4.21. The Labute approximate surface area is 150 Å². The number of nitrogens with one attached hydrogen (secondary N) is 2. The summed E-state index contributed by atoms with van der Waals surface area (Å²) in [6.45, 7) is 5.87. The largest absolute Gasteiger partial charge is 0.316 e.